The zero-order chi connectivity index (χ0) is 7.84. The van der Waals surface area contributed by atoms with Gasteiger partial charge in [0.2, 0.25) is 0 Å². The summed E-state index contributed by atoms with van der Waals surface area (Å²) < 4.78 is 0. The summed E-state index contributed by atoms with van der Waals surface area (Å²) in [4.78, 5) is 0. The van der Waals surface area contributed by atoms with Gasteiger partial charge in [0.25, 0.3) is 0 Å². The first-order valence-corrected chi connectivity index (χ1v) is 3.53. The van der Waals surface area contributed by atoms with E-state index in [0.29, 0.717) is 12.1 Å². The van der Waals surface area contributed by atoms with Crippen LogP contribution in [0.2, 0.25) is 0 Å². The molecule has 1 aromatic rings. The molecule has 0 fully saturated rings. The molecular weight excluding hydrogens is 142 g/mol. The molecule has 0 aromatic heterocycles. The standard InChI is InChI=1S/C8H9NO2/c10-6-3-1-2-5-4-7(11)9-8(5)6/h1-3,7,9-11H,4H2. The first kappa shape index (κ1) is 6.49. The maximum Gasteiger partial charge on any atom is 0.139 e. The van der Waals surface area contributed by atoms with Crippen LogP contribution < -0.4 is 5.32 Å². The van der Waals surface area contributed by atoms with E-state index in [1.54, 1.807) is 12.1 Å². The van der Waals surface area contributed by atoms with Crippen LogP contribution in [0.3, 0.4) is 0 Å². The predicted octanol–water partition coefficient (Wildman–Crippen LogP) is 0.679. The smallest absolute Gasteiger partial charge is 0.139 e. The van der Waals surface area contributed by atoms with Gasteiger partial charge in [-0.2, -0.15) is 0 Å². The summed E-state index contributed by atoms with van der Waals surface area (Å²) in [5.41, 5.74) is 1.64. The molecule has 2 rings (SSSR count). The van der Waals surface area contributed by atoms with Crippen molar-refractivity contribution in [3.05, 3.63) is 23.8 Å². The Labute approximate surface area is 64.3 Å². The fraction of sp³-hybridized carbons (Fsp3) is 0.250. The molecule has 3 heteroatoms. The molecule has 0 bridgehead atoms. The summed E-state index contributed by atoms with van der Waals surface area (Å²) in [5, 5.41) is 21.2. The second-order valence-electron chi connectivity index (χ2n) is 2.68. The van der Waals surface area contributed by atoms with E-state index in [1.807, 2.05) is 6.07 Å². The molecule has 0 amide bonds. The van der Waals surface area contributed by atoms with Gasteiger partial charge in [-0.3, -0.25) is 0 Å². The van der Waals surface area contributed by atoms with Gasteiger partial charge in [-0.15, -0.1) is 0 Å². The maximum absolute atomic E-state index is 9.28. The van der Waals surface area contributed by atoms with Crippen molar-refractivity contribution < 1.29 is 10.2 Å². The monoisotopic (exact) mass is 151 g/mol. The van der Waals surface area contributed by atoms with Gasteiger partial charge in [0.15, 0.2) is 0 Å². The third-order valence-electron chi connectivity index (χ3n) is 1.85. The molecular formula is C8H9NO2. The van der Waals surface area contributed by atoms with E-state index >= 15 is 0 Å². The molecule has 0 radical (unpaired) electrons. The summed E-state index contributed by atoms with van der Waals surface area (Å²) >= 11 is 0. The molecule has 3 N–H and O–H groups in total. The van der Waals surface area contributed by atoms with Gasteiger partial charge in [0.05, 0.1) is 5.69 Å². The first-order chi connectivity index (χ1) is 5.27. The lowest BCUT2D eigenvalue weighted by atomic mass is 10.1. The van der Waals surface area contributed by atoms with Gasteiger partial charge in [-0.1, -0.05) is 12.1 Å². The molecule has 3 nitrogen and oxygen atoms in total. The third-order valence-corrected chi connectivity index (χ3v) is 1.85. The highest BCUT2D eigenvalue weighted by atomic mass is 16.3. The largest absolute Gasteiger partial charge is 0.506 e. The molecule has 0 saturated carbocycles. The van der Waals surface area contributed by atoms with Gasteiger partial charge >= 0.3 is 0 Å². The van der Waals surface area contributed by atoms with E-state index in [-0.39, 0.29) is 5.75 Å². The van der Waals surface area contributed by atoms with Crippen LogP contribution in [0.25, 0.3) is 0 Å². The molecule has 0 saturated heterocycles. The normalized spacial score (nSPS) is 21.0. The molecule has 1 unspecified atom stereocenters. The Bertz CT molecular complexity index is 285. The number of fused-ring (bicyclic) bond motifs is 1. The molecule has 1 aromatic carbocycles. The number of benzene rings is 1. The Morgan fingerprint density at radius 2 is 2.27 bits per heavy atom. The van der Waals surface area contributed by atoms with E-state index < -0.39 is 6.23 Å². The second-order valence-corrected chi connectivity index (χ2v) is 2.68. The van der Waals surface area contributed by atoms with E-state index in [0.717, 1.165) is 5.56 Å². The molecule has 1 heterocycles. The Morgan fingerprint density at radius 1 is 1.45 bits per heavy atom. The highest BCUT2D eigenvalue weighted by Crippen LogP contribution is 2.32. The molecule has 1 atom stereocenters. The van der Waals surface area contributed by atoms with Crippen molar-refractivity contribution in [2.24, 2.45) is 0 Å². The van der Waals surface area contributed by atoms with Crippen LogP contribution in [0, 0.1) is 0 Å². The number of anilines is 1. The number of hydrogen-bond donors (Lipinski definition) is 3. The van der Waals surface area contributed by atoms with Crippen molar-refractivity contribution >= 4 is 5.69 Å². The number of aliphatic hydroxyl groups excluding tert-OH is 1. The van der Waals surface area contributed by atoms with Crippen molar-refractivity contribution in [2.75, 3.05) is 5.32 Å². The Balaban J connectivity index is 2.49. The topological polar surface area (TPSA) is 52.5 Å². The van der Waals surface area contributed by atoms with Crippen molar-refractivity contribution in [2.45, 2.75) is 12.6 Å². The number of aliphatic hydroxyl groups is 1. The van der Waals surface area contributed by atoms with Crippen molar-refractivity contribution in [3.63, 3.8) is 0 Å². The second kappa shape index (κ2) is 2.13. The number of nitrogens with one attached hydrogen (secondary N) is 1. The van der Waals surface area contributed by atoms with Crippen LogP contribution in [0.4, 0.5) is 5.69 Å². The average molecular weight is 151 g/mol. The predicted molar refractivity (Wildman–Crippen MR) is 41.4 cm³/mol. The lowest BCUT2D eigenvalue weighted by molar-refractivity contribution is 0.212. The van der Waals surface area contributed by atoms with E-state index in [1.165, 1.54) is 0 Å². The Kier molecular flexibility index (Phi) is 1.26. The average Bonchev–Trinajstić information content (AvgIpc) is 2.31. The van der Waals surface area contributed by atoms with Crippen LogP contribution in [0.1, 0.15) is 5.56 Å². The zero-order valence-corrected chi connectivity index (χ0v) is 5.91. The number of phenolic OH excluding ortho intramolecular Hbond substituents is 1. The zero-order valence-electron chi connectivity index (χ0n) is 5.91. The Hall–Kier alpha value is -1.22. The number of para-hydroxylation sites is 1. The minimum absolute atomic E-state index is 0.207. The van der Waals surface area contributed by atoms with E-state index in [2.05, 4.69) is 5.32 Å². The number of rotatable bonds is 0. The minimum atomic E-state index is -0.543. The van der Waals surface area contributed by atoms with Gasteiger partial charge in [-0.05, 0) is 11.6 Å². The third kappa shape index (κ3) is 0.935. The number of hydrogen-bond acceptors (Lipinski definition) is 3. The molecule has 0 aliphatic carbocycles. The molecule has 11 heavy (non-hydrogen) atoms. The van der Waals surface area contributed by atoms with Crippen LogP contribution in [-0.2, 0) is 6.42 Å². The van der Waals surface area contributed by atoms with Crippen molar-refractivity contribution in [1.29, 1.82) is 0 Å². The van der Waals surface area contributed by atoms with Crippen LogP contribution in [-0.4, -0.2) is 16.4 Å². The SMILES string of the molecule is Oc1cccc2c1NC(O)C2. The summed E-state index contributed by atoms with van der Waals surface area (Å²) in [5.74, 6) is 0.207. The maximum atomic E-state index is 9.28. The summed E-state index contributed by atoms with van der Waals surface area (Å²) in [6, 6.07) is 5.26. The van der Waals surface area contributed by atoms with Crippen molar-refractivity contribution in [3.8, 4) is 5.75 Å². The lowest BCUT2D eigenvalue weighted by Crippen LogP contribution is -2.12. The summed E-state index contributed by atoms with van der Waals surface area (Å²) in [6.07, 6.45) is 0.0299. The Morgan fingerprint density at radius 3 is 3.00 bits per heavy atom. The fourth-order valence-corrected chi connectivity index (χ4v) is 1.35. The fourth-order valence-electron chi connectivity index (χ4n) is 1.35. The van der Waals surface area contributed by atoms with Gasteiger partial charge < -0.3 is 15.5 Å². The molecule has 58 valence electrons. The van der Waals surface area contributed by atoms with Gasteiger partial charge in [0.1, 0.15) is 12.0 Å². The van der Waals surface area contributed by atoms with Crippen LogP contribution in [0.5, 0.6) is 5.75 Å². The number of phenols is 1. The van der Waals surface area contributed by atoms with Crippen LogP contribution in [0.15, 0.2) is 18.2 Å². The minimum Gasteiger partial charge on any atom is -0.506 e. The van der Waals surface area contributed by atoms with Crippen molar-refractivity contribution in [1.82, 2.24) is 0 Å². The highest BCUT2D eigenvalue weighted by Gasteiger charge is 2.19. The molecule has 0 spiro atoms. The molecule has 1 aliphatic rings. The van der Waals surface area contributed by atoms with Crippen LogP contribution >= 0.6 is 0 Å². The van der Waals surface area contributed by atoms with Gasteiger partial charge in [-0.25, -0.2) is 0 Å². The molecule has 1 aliphatic heterocycles. The first-order valence-electron chi connectivity index (χ1n) is 3.53. The summed E-state index contributed by atoms with van der Waals surface area (Å²) in [6.45, 7) is 0. The number of aromatic hydroxyl groups is 1. The quantitative estimate of drug-likeness (QED) is 0.478. The van der Waals surface area contributed by atoms with E-state index in [9.17, 15) is 5.11 Å². The lowest BCUT2D eigenvalue weighted by Gasteiger charge is -2.02. The summed E-state index contributed by atoms with van der Waals surface area (Å²) in [7, 11) is 0. The van der Waals surface area contributed by atoms with Gasteiger partial charge in [0, 0.05) is 6.42 Å². The van der Waals surface area contributed by atoms with E-state index in [4.69, 9.17) is 5.11 Å². The highest BCUT2D eigenvalue weighted by molar-refractivity contribution is 5.64.